The number of rotatable bonds is 4. The zero-order chi connectivity index (χ0) is 14.0. The molecule has 1 aliphatic heterocycles. The number of benzene rings is 1. The van der Waals surface area contributed by atoms with Gasteiger partial charge in [0.1, 0.15) is 6.04 Å². The van der Waals surface area contributed by atoms with Gasteiger partial charge in [-0.05, 0) is 24.6 Å². The minimum Gasteiger partial charge on any atom is -0.372 e. The molecular formula is C13H14Cl2N2O2. The molecule has 102 valence electrons. The largest absolute Gasteiger partial charge is 0.372 e. The molecule has 1 atom stereocenters. The van der Waals surface area contributed by atoms with Gasteiger partial charge in [-0.25, -0.2) is 0 Å². The van der Waals surface area contributed by atoms with E-state index >= 15 is 0 Å². The summed E-state index contributed by atoms with van der Waals surface area (Å²) in [5.74, 6) is -0.340. The summed E-state index contributed by atoms with van der Waals surface area (Å²) < 4.78 is 0. The van der Waals surface area contributed by atoms with Crippen molar-refractivity contribution in [2.75, 3.05) is 11.9 Å². The van der Waals surface area contributed by atoms with Gasteiger partial charge in [0.2, 0.25) is 5.91 Å². The Bertz CT molecular complexity index is 519. The topological polar surface area (TPSA) is 49.4 Å². The second kappa shape index (κ2) is 5.80. The normalized spacial score (nSPS) is 19.1. The van der Waals surface area contributed by atoms with Crippen molar-refractivity contribution >= 4 is 40.7 Å². The maximum Gasteiger partial charge on any atom is 0.252 e. The third-order valence-corrected chi connectivity index (χ3v) is 3.50. The Hall–Kier alpha value is -1.26. The minimum atomic E-state index is -0.544. The summed E-state index contributed by atoms with van der Waals surface area (Å²) in [5.41, 5.74) is 0.607. The third-order valence-electron chi connectivity index (χ3n) is 2.95. The second-order valence-corrected chi connectivity index (χ2v) is 5.25. The number of nitrogens with one attached hydrogen (secondary N) is 1. The maximum absolute atomic E-state index is 12.1. The molecule has 1 aromatic rings. The zero-order valence-electron chi connectivity index (χ0n) is 10.5. The van der Waals surface area contributed by atoms with E-state index in [1.54, 1.807) is 18.2 Å². The summed E-state index contributed by atoms with van der Waals surface area (Å²) in [6.07, 6.45) is 0.920. The Morgan fingerprint density at radius 2 is 2.11 bits per heavy atom. The number of anilines is 1. The smallest absolute Gasteiger partial charge is 0.252 e. The molecule has 0 saturated carbocycles. The van der Waals surface area contributed by atoms with Crippen molar-refractivity contribution in [2.45, 2.75) is 25.8 Å². The molecule has 0 bridgehead atoms. The predicted octanol–water partition coefficient (Wildman–Crippen LogP) is 2.94. The van der Waals surface area contributed by atoms with Gasteiger partial charge >= 0.3 is 0 Å². The number of imide groups is 1. The van der Waals surface area contributed by atoms with Crippen LogP contribution in [0.5, 0.6) is 0 Å². The predicted molar refractivity (Wildman–Crippen MR) is 75.5 cm³/mol. The quantitative estimate of drug-likeness (QED) is 0.870. The fourth-order valence-electron chi connectivity index (χ4n) is 2.05. The van der Waals surface area contributed by atoms with E-state index in [9.17, 15) is 9.59 Å². The summed E-state index contributed by atoms with van der Waals surface area (Å²) in [5, 5.41) is 3.96. The van der Waals surface area contributed by atoms with Crippen molar-refractivity contribution in [3.63, 3.8) is 0 Å². The SMILES string of the molecule is CCCN1C(=O)CC(Nc2ccc(Cl)cc2Cl)C1=O. The lowest BCUT2D eigenvalue weighted by atomic mass is 10.2. The van der Waals surface area contributed by atoms with E-state index in [1.165, 1.54) is 4.90 Å². The van der Waals surface area contributed by atoms with Crippen molar-refractivity contribution in [1.29, 1.82) is 0 Å². The van der Waals surface area contributed by atoms with Crippen LogP contribution in [0.3, 0.4) is 0 Å². The molecule has 0 aromatic heterocycles. The average molecular weight is 301 g/mol. The van der Waals surface area contributed by atoms with Crippen LogP contribution in [0.4, 0.5) is 5.69 Å². The molecule has 2 amide bonds. The Balaban J connectivity index is 2.12. The van der Waals surface area contributed by atoms with Crippen molar-refractivity contribution < 1.29 is 9.59 Å². The number of carbonyl (C=O) groups excluding carboxylic acids is 2. The van der Waals surface area contributed by atoms with E-state index in [4.69, 9.17) is 23.2 Å². The van der Waals surface area contributed by atoms with Crippen LogP contribution in [-0.2, 0) is 9.59 Å². The molecule has 0 aliphatic carbocycles. The molecular weight excluding hydrogens is 287 g/mol. The minimum absolute atomic E-state index is 0.144. The number of amides is 2. The second-order valence-electron chi connectivity index (χ2n) is 4.41. The van der Waals surface area contributed by atoms with Crippen LogP contribution >= 0.6 is 23.2 Å². The number of hydrogen-bond donors (Lipinski definition) is 1. The molecule has 4 nitrogen and oxygen atoms in total. The first-order chi connectivity index (χ1) is 9.02. The average Bonchev–Trinajstić information content (AvgIpc) is 2.61. The highest BCUT2D eigenvalue weighted by atomic mass is 35.5. The Labute approximate surface area is 121 Å². The number of likely N-dealkylation sites (tertiary alicyclic amines) is 1. The maximum atomic E-state index is 12.1. The van der Waals surface area contributed by atoms with E-state index in [2.05, 4.69) is 5.32 Å². The van der Waals surface area contributed by atoms with Crippen LogP contribution in [0.15, 0.2) is 18.2 Å². The Kier molecular flexibility index (Phi) is 4.32. The highest BCUT2D eigenvalue weighted by molar-refractivity contribution is 6.36. The summed E-state index contributed by atoms with van der Waals surface area (Å²) >= 11 is 11.8. The standard InChI is InChI=1S/C13H14Cl2N2O2/c1-2-5-17-12(18)7-11(13(17)19)16-10-4-3-8(14)6-9(10)15/h3-4,6,11,16H,2,5,7H2,1H3. The van der Waals surface area contributed by atoms with Gasteiger partial charge in [0.25, 0.3) is 5.91 Å². The van der Waals surface area contributed by atoms with E-state index < -0.39 is 6.04 Å². The number of nitrogens with zero attached hydrogens (tertiary/aromatic N) is 1. The highest BCUT2D eigenvalue weighted by Gasteiger charge is 2.38. The number of carbonyl (C=O) groups is 2. The van der Waals surface area contributed by atoms with Gasteiger partial charge in [0.05, 0.1) is 17.1 Å². The molecule has 1 heterocycles. The fraction of sp³-hybridized carbons (Fsp3) is 0.385. The van der Waals surface area contributed by atoms with Gasteiger partial charge in [-0.2, -0.15) is 0 Å². The molecule has 1 N–H and O–H groups in total. The fourth-order valence-corrected chi connectivity index (χ4v) is 2.51. The van der Waals surface area contributed by atoms with Crippen LogP contribution in [-0.4, -0.2) is 29.3 Å². The third kappa shape index (κ3) is 3.01. The lowest BCUT2D eigenvalue weighted by Crippen LogP contribution is -2.35. The van der Waals surface area contributed by atoms with E-state index in [0.29, 0.717) is 22.3 Å². The van der Waals surface area contributed by atoms with Gasteiger partial charge in [0.15, 0.2) is 0 Å². The lowest BCUT2D eigenvalue weighted by Gasteiger charge is -2.15. The van der Waals surface area contributed by atoms with Crippen LogP contribution < -0.4 is 5.32 Å². The molecule has 1 aromatic carbocycles. The van der Waals surface area contributed by atoms with Gasteiger partial charge in [-0.1, -0.05) is 30.1 Å². The summed E-state index contributed by atoms with van der Waals surface area (Å²) in [6, 6.07) is 4.43. The van der Waals surface area contributed by atoms with Crippen molar-refractivity contribution in [2.24, 2.45) is 0 Å². The Morgan fingerprint density at radius 3 is 2.74 bits per heavy atom. The van der Waals surface area contributed by atoms with Gasteiger partial charge in [-0.15, -0.1) is 0 Å². The Morgan fingerprint density at radius 1 is 1.37 bits per heavy atom. The highest BCUT2D eigenvalue weighted by Crippen LogP contribution is 2.27. The van der Waals surface area contributed by atoms with Crippen LogP contribution in [0.2, 0.25) is 10.0 Å². The van der Waals surface area contributed by atoms with E-state index in [1.807, 2.05) is 6.92 Å². The van der Waals surface area contributed by atoms with Crippen LogP contribution in [0.25, 0.3) is 0 Å². The summed E-state index contributed by atoms with van der Waals surface area (Å²) in [4.78, 5) is 25.1. The first kappa shape index (κ1) is 14.2. The van der Waals surface area contributed by atoms with Crippen molar-refractivity contribution in [3.8, 4) is 0 Å². The van der Waals surface area contributed by atoms with E-state index in [-0.39, 0.29) is 18.2 Å². The van der Waals surface area contributed by atoms with E-state index in [0.717, 1.165) is 6.42 Å². The molecule has 0 radical (unpaired) electrons. The van der Waals surface area contributed by atoms with Crippen molar-refractivity contribution in [3.05, 3.63) is 28.2 Å². The van der Waals surface area contributed by atoms with Gasteiger partial charge in [0, 0.05) is 11.6 Å². The molecule has 2 rings (SSSR count). The molecule has 6 heteroatoms. The molecule has 0 spiro atoms. The van der Waals surface area contributed by atoms with Gasteiger partial charge < -0.3 is 5.32 Å². The molecule has 1 unspecified atom stereocenters. The van der Waals surface area contributed by atoms with Crippen LogP contribution in [0.1, 0.15) is 19.8 Å². The van der Waals surface area contributed by atoms with Gasteiger partial charge in [-0.3, -0.25) is 14.5 Å². The monoisotopic (exact) mass is 300 g/mol. The molecule has 1 aliphatic rings. The first-order valence-corrected chi connectivity index (χ1v) is 6.84. The lowest BCUT2D eigenvalue weighted by molar-refractivity contribution is -0.138. The first-order valence-electron chi connectivity index (χ1n) is 6.08. The number of halogens is 2. The number of hydrogen-bond acceptors (Lipinski definition) is 3. The summed E-state index contributed by atoms with van der Waals surface area (Å²) in [7, 11) is 0. The summed E-state index contributed by atoms with van der Waals surface area (Å²) in [6.45, 7) is 2.39. The van der Waals surface area contributed by atoms with Crippen LogP contribution in [0, 0.1) is 0 Å². The molecule has 19 heavy (non-hydrogen) atoms. The zero-order valence-corrected chi connectivity index (χ0v) is 12.0. The molecule has 1 fully saturated rings. The molecule has 1 saturated heterocycles. The van der Waals surface area contributed by atoms with Crippen molar-refractivity contribution in [1.82, 2.24) is 4.90 Å².